The summed E-state index contributed by atoms with van der Waals surface area (Å²) in [5, 5.41) is 24.4. The standard InChI is InChI=1S/C32H42N2O6S/c1-22-31(41-21-34-22)25-8-6-23(7-9-25)20-33-32(37)29-19-27(35)12-10-24(29)11-13-30(36)26-4-3-5-28(18-26)40-17-16-39-15-14-38-2/h3-9,18,21,24,27,29-30,35-36H,10-17,19-20H2,1-2H3,(H,33,37). The first-order valence-corrected chi connectivity index (χ1v) is 15.2. The second kappa shape index (κ2) is 16.0. The average Bonchev–Trinajstić information content (AvgIpc) is 3.43. The highest BCUT2D eigenvalue weighted by molar-refractivity contribution is 7.13. The van der Waals surface area contributed by atoms with Gasteiger partial charge < -0.3 is 29.7 Å². The normalized spacial score (nSPS) is 19.6. The molecule has 1 aliphatic rings. The van der Waals surface area contributed by atoms with Crippen molar-refractivity contribution in [2.45, 2.75) is 57.8 Å². The van der Waals surface area contributed by atoms with Gasteiger partial charge in [-0.1, -0.05) is 36.4 Å². The Labute approximate surface area is 246 Å². The highest BCUT2D eigenvalue weighted by atomic mass is 32.1. The number of ether oxygens (including phenoxy) is 3. The summed E-state index contributed by atoms with van der Waals surface area (Å²) in [5.74, 6) is 0.477. The average molecular weight is 583 g/mol. The van der Waals surface area contributed by atoms with E-state index in [-0.39, 0.29) is 17.7 Å². The smallest absolute Gasteiger partial charge is 0.223 e. The molecule has 8 nitrogen and oxygen atoms in total. The summed E-state index contributed by atoms with van der Waals surface area (Å²) in [6, 6.07) is 15.7. The molecule has 2 aromatic carbocycles. The van der Waals surface area contributed by atoms with E-state index in [1.165, 1.54) is 0 Å². The molecule has 9 heteroatoms. The quantitative estimate of drug-likeness (QED) is 0.215. The molecule has 1 aliphatic carbocycles. The lowest BCUT2D eigenvalue weighted by Crippen LogP contribution is -2.40. The zero-order valence-corrected chi connectivity index (χ0v) is 24.8. The summed E-state index contributed by atoms with van der Waals surface area (Å²) in [4.78, 5) is 18.7. The summed E-state index contributed by atoms with van der Waals surface area (Å²) in [5.41, 5.74) is 5.80. The number of carbonyl (C=O) groups is 1. The molecular weight excluding hydrogens is 540 g/mol. The van der Waals surface area contributed by atoms with Crippen LogP contribution in [0.5, 0.6) is 5.75 Å². The molecular formula is C32H42N2O6S. The largest absolute Gasteiger partial charge is 0.491 e. The van der Waals surface area contributed by atoms with Crippen LogP contribution in [0.25, 0.3) is 10.4 Å². The van der Waals surface area contributed by atoms with Gasteiger partial charge in [-0.15, -0.1) is 11.3 Å². The van der Waals surface area contributed by atoms with Gasteiger partial charge in [0.2, 0.25) is 5.91 Å². The van der Waals surface area contributed by atoms with Gasteiger partial charge in [-0.05, 0) is 73.8 Å². The molecule has 0 bridgehead atoms. The summed E-state index contributed by atoms with van der Waals surface area (Å²) in [6.07, 6.45) is 2.00. The van der Waals surface area contributed by atoms with Crippen LogP contribution in [0.1, 0.15) is 55.0 Å². The van der Waals surface area contributed by atoms with E-state index in [1.807, 2.05) is 48.8 Å². The minimum atomic E-state index is -0.659. The summed E-state index contributed by atoms with van der Waals surface area (Å²) < 4.78 is 16.2. The number of aromatic nitrogens is 1. The van der Waals surface area contributed by atoms with Crippen molar-refractivity contribution in [3.8, 4) is 16.2 Å². The van der Waals surface area contributed by atoms with Gasteiger partial charge in [-0.2, -0.15) is 0 Å². The number of carbonyl (C=O) groups excluding carboxylic acids is 1. The molecule has 3 N–H and O–H groups in total. The van der Waals surface area contributed by atoms with Gasteiger partial charge >= 0.3 is 0 Å². The Balaban J connectivity index is 1.26. The molecule has 0 aliphatic heterocycles. The molecule has 0 radical (unpaired) electrons. The molecule has 222 valence electrons. The zero-order chi connectivity index (χ0) is 29.0. The number of benzene rings is 2. The second-order valence-electron chi connectivity index (χ2n) is 10.6. The first-order chi connectivity index (χ1) is 19.9. The molecule has 0 saturated heterocycles. The van der Waals surface area contributed by atoms with Crippen LogP contribution in [0.15, 0.2) is 54.0 Å². The molecule has 1 saturated carbocycles. The van der Waals surface area contributed by atoms with Crippen LogP contribution < -0.4 is 10.1 Å². The maximum absolute atomic E-state index is 13.2. The third-order valence-electron chi connectivity index (χ3n) is 7.71. The number of nitrogens with zero attached hydrogens (tertiary/aromatic N) is 1. The molecule has 4 unspecified atom stereocenters. The highest BCUT2D eigenvalue weighted by Gasteiger charge is 2.34. The number of hydrogen-bond acceptors (Lipinski definition) is 8. The van der Waals surface area contributed by atoms with Crippen molar-refractivity contribution in [3.63, 3.8) is 0 Å². The monoisotopic (exact) mass is 582 g/mol. The Morgan fingerprint density at radius 2 is 1.93 bits per heavy atom. The number of nitrogens with one attached hydrogen (secondary N) is 1. The van der Waals surface area contributed by atoms with E-state index in [4.69, 9.17) is 14.2 Å². The molecule has 0 spiro atoms. The minimum absolute atomic E-state index is 0.0336. The molecule has 1 aromatic heterocycles. The number of rotatable bonds is 15. The fraction of sp³-hybridized carbons (Fsp3) is 0.500. The summed E-state index contributed by atoms with van der Waals surface area (Å²) in [7, 11) is 1.63. The number of aliphatic hydroxyl groups is 2. The zero-order valence-electron chi connectivity index (χ0n) is 24.0. The SMILES string of the molecule is COCCOCCOc1cccc(C(O)CCC2CCC(O)CC2C(=O)NCc2ccc(-c3scnc3C)cc2)c1. The molecule has 1 heterocycles. The van der Waals surface area contributed by atoms with E-state index in [2.05, 4.69) is 22.4 Å². The van der Waals surface area contributed by atoms with Crippen molar-refractivity contribution in [3.05, 3.63) is 70.9 Å². The van der Waals surface area contributed by atoms with Crippen molar-refractivity contribution in [2.24, 2.45) is 11.8 Å². The van der Waals surface area contributed by atoms with Crippen molar-refractivity contribution >= 4 is 17.2 Å². The van der Waals surface area contributed by atoms with Gasteiger partial charge in [-0.3, -0.25) is 4.79 Å². The third-order valence-corrected chi connectivity index (χ3v) is 8.69. The first-order valence-electron chi connectivity index (χ1n) is 14.4. The molecule has 1 fully saturated rings. The van der Waals surface area contributed by atoms with Crippen molar-refractivity contribution in [1.29, 1.82) is 0 Å². The van der Waals surface area contributed by atoms with Crippen LogP contribution in [0, 0.1) is 18.8 Å². The first kappa shape index (κ1) is 31.1. The van der Waals surface area contributed by atoms with Crippen LogP contribution in [-0.2, 0) is 20.8 Å². The minimum Gasteiger partial charge on any atom is -0.491 e. The maximum Gasteiger partial charge on any atom is 0.223 e. The van der Waals surface area contributed by atoms with Crippen molar-refractivity contribution in [2.75, 3.05) is 33.5 Å². The number of methoxy groups -OCH3 is 1. The van der Waals surface area contributed by atoms with E-state index in [9.17, 15) is 15.0 Å². The van der Waals surface area contributed by atoms with Crippen LogP contribution in [0.3, 0.4) is 0 Å². The number of aryl methyl sites for hydroxylation is 1. The lowest BCUT2D eigenvalue weighted by atomic mass is 9.74. The van der Waals surface area contributed by atoms with Gasteiger partial charge in [0.25, 0.3) is 0 Å². The van der Waals surface area contributed by atoms with E-state index in [0.717, 1.165) is 33.7 Å². The lowest BCUT2D eigenvalue weighted by Gasteiger charge is -2.34. The van der Waals surface area contributed by atoms with Gasteiger partial charge in [0.05, 0.1) is 48.1 Å². The maximum atomic E-state index is 13.2. The van der Waals surface area contributed by atoms with E-state index < -0.39 is 12.2 Å². The predicted octanol–water partition coefficient (Wildman–Crippen LogP) is 5.07. The van der Waals surface area contributed by atoms with Gasteiger partial charge in [0.15, 0.2) is 0 Å². The predicted molar refractivity (Wildman–Crippen MR) is 160 cm³/mol. The Morgan fingerprint density at radius 3 is 2.68 bits per heavy atom. The summed E-state index contributed by atoms with van der Waals surface area (Å²) in [6.45, 7) is 4.39. The summed E-state index contributed by atoms with van der Waals surface area (Å²) >= 11 is 1.62. The van der Waals surface area contributed by atoms with Crippen LogP contribution in [-0.4, -0.2) is 60.7 Å². The van der Waals surface area contributed by atoms with Gasteiger partial charge in [-0.25, -0.2) is 4.98 Å². The van der Waals surface area contributed by atoms with Crippen LogP contribution >= 0.6 is 11.3 Å². The molecule has 3 aromatic rings. The highest BCUT2D eigenvalue weighted by Crippen LogP contribution is 2.36. The number of thiazole rings is 1. The van der Waals surface area contributed by atoms with Crippen LogP contribution in [0.2, 0.25) is 0 Å². The van der Waals surface area contributed by atoms with Gasteiger partial charge in [0, 0.05) is 19.6 Å². The Morgan fingerprint density at radius 1 is 1.12 bits per heavy atom. The Kier molecular flexibility index (Phi) is 12.1. The van der Waals surface area contributed by atoms with Crippen LogP contribution in [0.4, 0.5) is 0 Å². The van der Waals surface area contributed by atoms with E-state index in [0.29, 0.717) is 64.4 Å². The number of hydrogen-bond donors (Lipinski definition) is 3. The van der Waals surface area contributed by atoms with Gasteiger partial charge in [0.1, 0.15) is 12.4 Å². The molecule has 1 amide bonds. The fourth-order valence-electron chi connectivity index (χ4n) is 5.36. The topological polar surface area (TPSA) is 110 Å². The third kappa shape index (κ3) is 9.34. The fourth-order valence-corrected chi connectivity index (χ4v) is 6.18. The number of amides is 1. The Bertz CT molecular complexity index is 1220. The molecule has 41 heavy (non-hydrogen) atoms. The second-order valence-corrected chi connectivity index (χ2v) is 11.5. The van der Waals surface area contributed by atoms with Crippen molar-refractivity contribution in [1.82, 2.24) is 10.3 Å². The number of aliphatic hydroxyl groups excluding tert-OH is 2. The Hall–Kier alpha value is -2.82. The molecule has 4 rings (SSSR count). The van der Waals surface area contributed by atoms with E-state index in [1.54, 1.807) is 18.4 Å². The van der Waals surface area contributed by atoms with E-state index >= 15 is 0 Å². The molecule has 4 atom stereocenters. The van der Waals surface area contributed by atoms with Crippen molar-refractivity contribution < 1.29 is 29.2 Å². The lowest BCUT2D eigenvalue weighted by molar-refractivity contribution is -0.130.